The molecule has 2 heterocycles. The highest BCUT2D eigenvalue weighted by atomic mass is 35.5. The van der Waals surface area contributed by atoms with E-state index in [0.717, 1.165) is 35.5 Å². The summed E-state index contributed by atoms with van der Waals surface area (Å²) in [5, 5.41) is 1.61. The Morgan fingerprint density at radius 2 is 1.86 bits per heavy atom. The van der Waals surface area contributed by atoms with Gasteiger partial charge in [-0.15, -0.1) is 0 Å². The summed E-state index contributed by atoms with van der Waals surface area (Å²) in [7, 11) is 3.28. The van der Waals surface area contributed by atoms with Gasteiger partial charge < -0.3 is 14.0 Å². The fourth-order valence-electron chi connectivity index (χ4n) is 2.50. The van der Waals surface area contributed by atoms with Crippen LogP contribution in [0.3, 0.4) is 0 Å². The highest BCUT2D eigenvalue weighted by Crippen LogP contribution is 2.28. The second-order valence-electron chi connectivity index (χ2n) is 5.00. The number of aryl methyl sites for hydroxylation is 2. The van der Waals surface area contributed by atoms with E-state index in [2.05, 4.69) is 9.55 Å². The Morgan fingerprint density at radius 3 is 2.64 bits per heavy atom. The van der Waals surface area contributed by atoms with E-state index in [9.17, 15) is 0 Å². The molecule has 0 amide bonds. The number of pyridine rings is 1. The smallest absolute Gasteiger partial charge is 0.160 e. The van der Waals surface area contributed by atoms with Gasteiger partial charge >= 0.3 is 0 Å². The molecular formula is C17H17ClN2O2. The number of aromatic nitrogens is 2. The Bertz CT molecular complexity index is 798. The third-order valence-corrected chi connectivity index (χ3v) is 3.88. The number of halogens is 1. The summed E-state index contributed by atoms with van der Waals surface area (Å²) in [6, 6.07) is 11.8. The monoisotopic (exact) mass is 316 g/mol. The van der Waals surface area contributed by atoms with Crippen molar-refractivity contribution in [1.29, 1.82) is 0 Å². The molecule has 2 aromatic heterocycles. The van der Waals surface area contributed by atoms with Crippen molar-refractivity contribution in [2.24, 2.45) is 0 Å². The van der Waals surface area contributed by atoms with Gasteiger partial charge in [0.25, 0.3) is 0 Å². The number of ether oxygens (including phenoxy) is 2. The van der Waals surface area contributed by atoms with E-state index in [4.69, 9.17) is 21.1 Å². The SMILES string of the molecule is COc1ccc(CCn2ccc3ccc(Cl)nc32)cc1OC. The summed E-state index contributed by atoms with van der Waals surface area (Å²) in [5.41, 5.74) is 2.09. The number of methoxy groups -OCH3 is 2. The van der Waals surface area contributed by atoms with Crippen LogP contribution in [0.15, 0.2) is 42.6 Å². The molecule has 0 unspecified atom stereocenters. The maximum absolute atomic E-state index is 5.98. The highest BCUT2D eigenvalue weighted by molar-refractivity contribution is 6.29. The van der Waals surface area contributed by atoms with Crippen LogP contribution in [0.25, 0.3) is 11.0 Å². The molecule has 114 valence electrons. The first-order valence-electron chi connectivity index (χ1n) is 7.03. The second-order valence-corrected chi connectivity index (χ2v) is 5.38. The van der Waals surface area contributed by atoms with Crippen LogP contribution in [0.4, 0.5) is 0 Å². The van der Waals surface area contributed by atoms with Crippen LogP contribution in [0.5, 0.6) is 11.5 Å². The van der Waals surface area contributed by atoms with Crippen LogP contribution < -0.4 is 9.47 Å². The molecule has 4 nitrogen and oxygen atoms in total. The first-order valence-corrected chi connectivity index (χ1v) is 7.41. The number of hydrogen-bond donors (Lipinski definition) is 0. The number of benzene rings is 1. The van der Waals surface area contributed by atoms with Crippen molar-refractivity contribution in [3.8, 4) is 11.5 Å². The van der Waals surface area contributed by atoms with Crippen LogP contribution >= 0.6 is 11.6 Å². The summed E-state index contributed by atoms with van der Waals surface area (Å²) in [5.74, 6) is 1.49. The number of nitrogens with zero attached hydrogens (tertiary/aromatic N) is 2. The van der Waals surface area contributed by atoms with Crippen molar-refractivity contribution >= 4 is 22.6 Å². The molecule has 0 bridgehead atoms. The number of fused-ring (bicyclic) bond motifs is 1. The molecule has 0 radical (unpaired) electrons. The lowest BCUT2D eigenvalue weighted by Crippen LogP contribution is -2.01. The van der Waals surface area contributed by atoms with Crippen molar-refractivity contribution in [2.45, 2.75) is 13.0 Å². The first kappa shape index (κ1) is 14.7. The average molecular weight is 317 g/mol. The fraction of sp³-hybridized carbons (Fsp3) is 0.235. The third kappa shape index (κ3) is 2.88. The van der Waals surface area contributed by atoms with Crippen LogP contribution in [0.1, 0.15) is 5.56 Å². The first-order chi connectivity index (χ1) is 10.7. The van der Waals surface area contributed by atoms with Gasteiger partial charge in [-0.2, -0.15) is 0 Å². The van der Waals surface area contributed by atoms with Crippen molar-refractivity contribution in [3.63, 3.8) is 0 Å². The Kier molecular flexibility index (Phi) is 4.20. The summed E-state index contributed by atoms with van der Waals surface area (Å²) >= 11 is 5.98. The van der Waals surface area contributed by atoms with E-state index in [0.29, 0.717) is 5.15 Å². The second kappa shape index (κ2) is 6.28. The minimum absolute atomic E-state index is 0.513. The zero-order valence-electron chi connectivity index (χ0n) is 12.5. The van der Waals surface area contributed by atoms with E-state index >= 15 is 0 Å². The molecule has 22 heavy (non-hydrogen) atoms. The standard InChI is InChI=1S/C17H17ClN2O2/c1-21-14-5-3-12(11-15(14)22-2)7-9-20-10-8-13-4-6-16(18)19-17(13)20/h3-6,8,10-11H,7,9H2,1-2H3. The van der Waals surface area contributed by atoms with Crippen molar-refractivity contribution < 1.29 is 9.47 Å². The van der Waals surface area contributed by atoms with Crippen LogP contribution in [0, 0.1) is 0 Å². The van der Waals surface area contributed by atoms with Crippen LogP contribution in [0.2, 0.25) is 5.15 Å². The average Bonchev–Trinajstić information content (AvgIpc) is 2.94. The lowest BCUT2D eigenvalue weighted by Gasteiger charge is -2.10. The van der Waals surface area contributed by atoms with Crippen LogP contribution in [-0.2, 0) is 13.0 Å². The van der Waals surface area contributed by atoms with Gasteiger partial charge in [-0.1, -0.05) is 17.7 Å². The maximum atomic E-state index is 5.98. The molecule has 3 rings (SSSR count). The van der Waals surface area contributed by atoms with Gasteiger partial charge in [-0.05, 0) is 42.3 Å². The minimum atomic E-state index is 0.513. The molecule has 3 aromatic rings. The largest absolute Gasteiger partial charge is 0.493 e. The Morgan fingerprint density at radius 1 is 1.05 bits per heavy atom. The summed E-state index contributed by atoms with van der Waals surface area (Å²) < 4.78 is 12.7. The molecule has 0 saturated heterocycles. The predicted octanol–water partition coefficient (Wildman–Crippen LogP) is 3.95. The molecular weight excluding hydrogens is 300 g/mol. The van der Waals surface area contributed by atoms with E-state index in [1.165, 1.54) is 5.56 Å². The summed E-state index contributed by atoms with van der Waals surface area (Å²) in [6.45, 7) is 0.826. The molecule has 0 spiro atoms. The molecule has 0 N–H and O–H groups in total. The quantitative estimate of drug-likeness (QED) is 0.669. The van der Waals surface area contributed by atoms with Gasteiger partial charge in [-0.3, -0.25) is 0 Å². The molecule has 0 atom stereocenters. The normalized spacial score (nSPS) is 10.9. The summed E-state index contributed by atoms with van der Waals surface area (Å²) in [4.78, 5) is 4.39. The Labute approximate surface area is 134 Å². The van der Waals surface area contributed by atoms with Gasteiger partial charge in [0, 0.05) is 18.1 Å². The van der Waals surface area contributed by atoms with Crippen molar-refractivity contribution in [2.75, 3.05) is 14.2 Å². The lowest BCUT2D eigenvalue weighted by atomic mass is 10.1. The Balaban J connectivity index is 1.80. The molecule has 0 fully saturated rings. The van der Waals surface area contributed by atoms with E-state index in [1.807, 2.05) is 42.6 Å². The van der Waals surface area contributed by atoms with E-state index in [1.54, 1.807) is 14.2 Å². The maximum Gasteiger partial charge on any atom is 0.160 e. The molecule has 5 heteroatoms. The van der Waals surface area contributed by atoms with Crippen molar-refractivity contribution in [1.82, 2.24) is 9.55 Å². The van der Waals surface area contributed by atoms with Gasteiger partial charge in [0.1, 0.15) is 10.8 Å². The molecule has 0 saturated carbocycles. The topological polar surface area (TPSA) is 36.3 Å². The highest BCUT2D eigenvalue weighted by Gasteiger charge is 2.07. The lowest BCUT2D eigenvalue weighted by molar-refractivity contribution is 0.354. The predicted molar refractivity (Wildman–Crippen MR) is 88.0 cm³/mol. The van der Waals surface area contributed by atoms with Gasteiger partial charge in [0.05, 0.1) is 14.2 Å². The Hall–Kier alpha value is -2.20. The van der Waals surface area contributed by atoms with Gasteiger partial charge in [0.15, 0.2) is 11.5 Å². The number of hydrogen-bond acceptors (Lipinski definition) is 3. The molecule has 1 aromatic carbocycles. The van der Waals surface area contributed by atoms with Gasteiger partial charge in [0.2, 0.25) is 0 Å². The van der Waals surface area contributed by atoms with Crippen molar-refractivity contribution in [3.05, 3.63) is 53.3 Å². The zero-order valence-corrected chi connectivity index (χ0v) is 13.3. The van der Waals surface area contributed by atoms with E-state index < -0.39 is 0 Å². The molecule has 0 aliphatic heterocycles. The zero-order chi connectivity index (χ0) is 15.5. The van der Waals surface area contributed by atoms with E-state index in [-0.39, 0.29) is 0 Å². The molecule has 0 aliphatic carbocycles. The fourth-order valence-corrected chi connectivity index (χ4v) is 2.65. The minimum Gasteiger partial charge on any atom is -0.493 e. The third-order valence-electron chi connectivity index (χ3n) is 3.67. The number of rotatable bonds is 5. The summed E-state index contributed by atoms with van der Waals surface area (Å²) in [6.07, 6.45) is 2.91. The van der Waals surface area contributed by atoms with Crippen LogP contribution in [-0.4, -0.2) is 23.8 Å². The molecule has 0 aliphatic rings. The van der Waals surface area contributed by atoms with Gasteiger partial charge in [-0.25, -0.2) is 4.98 Å².